The maximum atomic E-state index is 13.2. The summed E-state index contributed by atoms with van der Waals surface area (Å²) in [4.78, 5) is 27.1. The largest absolute Gasteiger partial charge is 0.329 e. The molecule has 0 aliphatic carbocycles. The van der Waals surface area contributed by atoms with Gasteiger partial charge in [0.25, 0.3) is 10.0 Å². The van der Waals surface area contributed by atoms with Gasteiger partial charge in [-0.15, -0.1) is 0 Å². The van der Waals surface area contributed by atoms with Crippen LogP contribution in [0.1, 0.15) is 5.56 Å². The number of nitrogens with zero attached hydrogens (tertiary/aromatic N) is 1. The van der Waals surface area contributed by atoms with Crippen LogP contribution in [0.4, 0.5) is 10.5 Å². The van der Waals surface area contributed by atoms with Gasteiger partial charge < -0.3 is 10.2 Å². The van der Waals surface area contributed by atoms with Crippen molar-refractivity contribution in [3.8, 4) is 0 Å². The molecular weight excluding hydrogens is 450 g/mol. The SMILES string of the molecule is CN(C(=O)[C@H](Cc1ccccc1)NC(=O)NS(=O)(=O)c1ccccc1)c1ccc(Cl)cc1. The molecule has 0 radical (unpaired) electrons. The number of sulfonamides is 1. The first-order valence-corrected chi connectivity index (χ1v) is 11.6. The van der Waals surface area contributed by atoms with Crippen molar-refractivity contribution in [1.82, 2.24) is 10.0 Å². The van der Waals surface area contributed by atoms with Crippen molar-refractivity contribution in [2.75, 3.05) is 11.9 Å². The van der Waals surface area contributed by atoms with Crippen molar-refractivity contribution in [2.24, 2.45) is 0 Å². The number of benzene rings is 3. The number of carbonyl (C=O) groups excluding carboxylic acids is 2. The minimum atomic E-state index is -4.08. The Morgan fingerprint density at radius 1 is 0.906 bits per heavy atom. The summed E-state index contributed by atoms with van der Waals surface area (Å²) in [7, 11) is -2.51. The van der Waals surface area contributed by atoms with Gasteiger partial charge in [-0.25, -0.2) is 17.9 Å². The third kappa shape index (κ3) is 6.09. The molecule has 0 heterocycles. The van der Waals surface area contributed by atoms with Gasteiger partial charge in [0.15, 0.2) is 0 Å². The standard InChI is InChI=1S/C23H22ClN3O4S/c1-27(19-14-12-18(24)13-15-19)22(28)21(16-17-8-4-2-5-9-17)25-23(29)26-32(30,31)20-10-6-3-7-11-20/h2-15,21H,16H2,1H3,(H2,25,26,29)/t21-/m0/s1. The Bertz CT molecular complexity index is 1170. The summed E-state index contributed by atoms with van der Waals surface area (Å²) < 4.78 is 26.9. The van der Waals surface area contributed by atoms with Gasteiger partial charge in [-0.05, 0) is 42.0 Å². The molecule has 0 aliphatic rings. The third-order valence-corrected chi connectivity index (χ3v) is 6.31. The van der Waals surface area contributed by atoms with Crippen LogP contribution in [0.3, 0.4) is 0 Å². The summed E-state index contributed by atoms with van der Waals surface area (Å²) in [5, 5.41) is 3.03. The normalized spacial score (nSPS) is 11.9. The van der Waals surface area contributed by atoms with Crippen molar-refractivity contribution in [1.29, 1.82) is 0 Å². The van der Waals surface area contributed by atoms with Crippen LogP contribution in [0.15, 0.2) is 89.8 Å². The first-order valence-electron chi connectivity index (χ1n) is 9.72. The van der Waals surface area contributed by atoms with Crippen LogP contribution >= 0.6 is 11.6 Å². The molecule has 9 heteroatoms. The Morgan fingerprint density at radius 2 is 1.47 bits per heavy atom. The molecular formula is C23H22ClN3O4S. The molecule has 0 aromatic heterocycles. The second-order valence-electron chi connectivity index (χ2n) is 7.01. The number of carbonyl (C=O) groups is 2. The van der Waals surface area contributed by atoms with Crippen LogP contribution in [0.5, 0.6) is 0 Å². The predicted molar refractivity (Wildman–Crippen MR) is 124 cm³/mol. The summed E-state index contributed by atoms with van der Waals surface area (Å²) >= 11 is 5.92. The van der Waals surface area contributed by atoms with Crippen LogP contribution in [0.25, 0.3) is 0 Å². The summed E-state index contributed by atoms with van der Waals surface area (Å²) in [5.41, 5.74) is 1.39. The summed E-state index contributed by atoms with van der Waals surface area (Å²) in [5.74, 6) is -0.413. The van der Waals surface area contributed by atoms with Crippen molar-refractivity contribution in [3.05, 3.63) is 95.5 Å². The topological polar surface area (TPSA) is 95.6 Å². The highest BCUT2D eigenvalue weighted by molar-refractivity contribution is 7.90. The molecule has 0 saturated carbocycles. The first-order chi connectivity index (χ1) is 15.3. The number of halogens is 1. The number of hydrogen-bond acceptors (Lipinski definition) is 4. The summed E-state index contributed by atoms with van der Waals surface area (Å²) in [6, 6.07) is 21.3. The molecule has 0 saturated heterocycles. The highest BCUT2D eigenvalue weighted by Crippen LogP contribution is 2.18. The van der Waals surface area contributed by atoms with Gasteiger partial charge in [-0.3, -0.25) is 4.79 Å². The van der Waals surface area contributed by atoms with E-state index in [-0.39, 0.29) is 11.3 Å². The van der Waals surface area contributed by atoms with Gasteiger partial charge in [-0.2, -0.15) is 0 Å². The maximum Gasteiger partial charge on any atom is 0.329 e. The number of urea groups is 1. The van der Waals surface area contributed by atoms with Gasteiger partial charge in [-0.1, -0.05) is 60.1 Å². The molecule has 3 aromatic rings. The van der Waals surface area contributed by atoms with E-state index in [1.165, 1.54) is 17.0 Å². The minimum absolute atomic E-state index is 0.0561. The molecule has 32 heavy (non-hydrogen) atoms. The van der Waals surface area contributed by atoms with Gasteiger partial charge >= 0.3 is 6.03 Å². The molecule has 0 bridgehead atoms. The average Bonchev–Trinajstić information content (AvgIpc) is 2.79. The lowest BCUT2D eigenvalue weighted by molar-refractivity contribution is -0.120. The van der Waals surface area contributed by atoms with E-state index in [9.17, 15) is 18.0 Å². The zero-order valence-corrected chi connectivity index (χ0v) is 18.8. The van der Waals surface area contributed by atoms with Gasteiger partial charge in [0.05, 0.1) is 4.90 Å². The lowest BCUT2D eigenvalue weighted by atomic mass is 10.0. The van der Waals surface area contributed by atoms with Crippen LogP contribution in [0, 0.1) is 0 Å². The van der Waals surface area contributed by atoms with E-state index in [0.717, 1.165) is 5.56 Å². The molecule has 3 amide bonds. The third-order valence-electron chi connectivity index (χ3n) is 4.71. The summed E-state index contributed by atoms with van der Waals surface area (Å²) in [6.45, 7) is 0. The molecule has 3 rings (SSSR count). The molecule has 1 atom stereocenters. The predicted octanol–water partition coefficient (Wildman–Crippen LogP) is 3.60. The molecule has 166 valence electrons. The zero-order valence-electron chi connectivity index (χ0n) is 17.2. The number of likely N-dealkylation sites (N-methyl/N-ethyl adjacent to an activating group) is 1. The molecule has 0 fully saturated rings. The van der Waals surface area contributed by atoms with E-state index in [4.69, 9.17) is 11.6 Å². The maximum absolute atomic E-state index is 13.2. The number of amides is 3. The number of rotatable bonds is 7. The average molecular weight is 472 g/mol. The van der Waals surface area contributed by atoms with E-state index in [1.807, 2.05) is 35.1 Å². The zero-order chi connectivity index (χ0) is 23.1. The molecule has 3 aromatic carbocycles. The minimum Gasteiger partial charge on any atom is -0.325 e. The monoisotopic (exact) mass is 471 g/mol. The number of hydrogen-bond donors (Lipinski definition) is 2. The Kier molecular flexibility index (Phi) is 7.50. The van der Waals surface area contributed by atoms with E-state index in [1.54, 1.807) is 49.5 Å². The summed E-state index contributed by atoms with van der Waals surface area (Å²) in [6.07, 6.45) is 0.177. The van der Waals surface area contributed by atoms with Crippen molar-refractivity contribution < 1.29 is 18.0 Å². The highest BCUT2D eigenvalue weighted by Gasteiger charge is 2.27. The number of anilines is 1. The molecule has 0 spiro atoms. The van der Waals surface area contributed by atoms with E-state index in [0.29, 0.717) is 10.7 Å². The van der Waals surface area contributed by atoms with Crippen LogP contribution in [-0.2, 0) is 21.2 Å². The Hall–Kier alpha value is -3.36. The smallest absolute Gasteiger partial charge is 0.325 e. The first kappa shape index (κ1) is 23.3. The Balaban J connectivity index is 1.80. The van der Waals surface area contributed by atoms with Crippen molar-refractivity contribution >= 4 is 39.2 Å². The highest BCUT2D eigenvalue weighted by atomic mass is 35.5. The molecule has 0 unspecified atom stereocenters. The van der Waals surface area contributed by atoms with Crippen LogP contribution < -0.4 is 14.9 Å². The quantitative estimate of drug-likeness (QED) is 0.550. The van der Waals surface area contributed by atoms with Gasteiger partial charge in [0.2, 0.25) is 5.91 Å². The number of nitrogens with one attached hydrogen (secondary N) is 2. The van der Waals surface area contributed by atoms with Crippen LogP contribution in [0.2, 0.25) is 5.02 Å². The second kappa shape index (κ2) is 10.3. The molecule has 0 aliphatic heterocycles. The van der Waals surface area contributed by atoms with E-state index in [2.05, 4.69) is 5.32 Å². The molecule has 2 N–H and O–H groups in total. The fraction of sp³-hybridized carbons (Fsp3) is 0.130. The fourth-order valence-electron chi connectivity index (χ4n) is 3.04. The Morgan fingerprint density at radius 3 is 2.06 bits per heavy atom. The lowest BCUT2D eigenvalue weighted by Crippen LogP contribution is -2.52. The van der Waals surface area contributed by atoms with Crippen molar-refractivity contribution in [3.63, 3.8) is 0 Å². The van der Waals surface area contributed by atoms with Gasteiger partial charge in [0.1, 0.15) is 6.04 Å². The Labute approximate surface area is 192 Å². The molecule has 7 nitrogen and oxygen atoms in total. The van der Waals surface area contributed by atoms with E-state index >= 15 is 0 Å². The van der Waals surface area contributed by atoms with Crippen molar-refractivity contribution in [2.45, 2.75) is 17.4 Å². The van der Waals surface area contributed by atoms with E-state index < -0.39 is 28.0 Å². The lowest BCUT2D eigenvalue weighted by Gasteiger charge is -2.25. The van der Waals surface area contributed by atoms with Gasteiger partial charge in [0, 0.05) is 24.2 Å². The second-order valence-corrected chi connectivity index (χ2v) is 9.13. The fourth-order valence-corrected chi connectivity index (χ4v) is 4.11. The van der Waals surface area contributed by atoms with Crippen LogP contribution in [-0.4, -0.2) is 33.4 Å².